The summed E-state index contributed by atoms with van der Waals surface area (Å²) in [5, 5.41) is 10.2. The third-order valence-electron chi connectivity index (χ3n) is 4.61. The first-order valence-electron chi connectivity index (χ1n) is 9.31. The van der Waals surface area contributed by atoms with E-state index in [0.717, 1.165) is 42.5 Å². The molecule has 4 rings (SSSR count). The van der Waals surface area contributed by atoms with Crippen LogP contribution in [0.2, 0.25) is 0 Å². The van der Waals surface area contributed by atoms with Crippen molar-refractivity contribution in [1.29, 1.82) is 0 Å². The average molecular weight is 372 g/mol. The van der Waals surface area contributed by atoms with E-state index in [2.05, 4.69) is 31.9 Å². The van der Waals surface area contributed by atoms with Crippen molar-refractivity contribution >= 4 is 11.8 Å². The lowest BCUT2D eigenvalue weighted by Crippen LogP contribution is -2.22. The maximum Gasteiger partial charge on any atom is 0.196 e. The van der Waals surface area contributed by atoms with Gasteiger partial charge in [0.15, 0.2) is 17.3 Å². The maximum atomic E-state index is 5.95. The van der Waals surface area contributed by atoms with Crippen molar-refractivity contribution in [2.45, 2.75) is 61.8 Å². The van der Waals surface area contributed by atoms with E-state index in [4.69, 9.17) is 9.47 Å². The zero-order valence-corrected chi connectivity index (χ0v) is 15.6. The Hall–Kier alpha value is -1.70. The summed E-state index contributed by atoms with van der Waals surface area (Å²) in [5.74, 6) is 0.787. The van der Waals surface area contributed by atoms with Crippen molar-refractivity contribution in [3.05, 3.63) is 42.5 Å². The molecule has 0 radical (unpaired) electrons. The van der Waals surface area contributed by atoms with Crippen molar-refractivity contribution < 1.29 is 9.47 Å². The molecule has 7 heteroatoms. The lowest BCUT2D eigenvalue weighted by Gasteiger charge is -2.22. The van der Waals surface area contributed by atoms with E-state index in [9.17, 15) is 0 Å². The van der Waals surface area contributed by atoms with E-state index in [1.165, 1.54) is 19.3 Å². The topological polar surface area (TPSA) is 62.1 Å². The van der Waals surface area contributed by atoms with Gasteiger partial charge in [-0.3, -0.25) is 9.55 Å². The Bertz CT molecular complexity index is 728. The van der Waals surface area contributed by atoms with E-state index < -0.39 is 0 Å². The van der Waals surface area contributed by atoms with Crippen LogP contribution in [0.5, 0.6) is 0 Å². The lowest BCUT2D eigenvalue weighted by molar-refractivity contribution is -0.170. The molecule has 6 nitrogen and oxygen atoms in total. The number of nitrogens with zero attached hydrogens (tertiary/aromatic N) is 4. The Labute approximate surface area is 158 Å². The molecule has 0 aromatic carbocycles. The van der Waals surface area contributed by atoms with Gasteiger partial charge < -0.3 is 9.47 Å². The summed E-state index contributed by atoms with van der Waals surface area (Å²) in [5.41, 5.74) is 0.961. The Morgan fingerprint density at radius 3 is 3.00 bits per heavy atom. The van der Waals surface area contributed by atoms with E-state index in [0.29, 0.717) is 11.9 Å². The van der Waals surface area contributed by atoms with E-state index in [1.54, 1.807) is 18.0 Å². The second-order valence-electron chi connectivity index (χ2n) is 6.57. The van der Waals surface area contributed by atoms with E-state index in [1.807, 2.05) is 18.3 Å². The van der Waals surface area contributed by atoms with Gasteiger partial charge in [0.1, 0.15) is 6.61 Å². The van der Waals surface area contributed by atoms with Crippen molar-refractivity contribution in [1.82, 2.24) is 19.7 Å². The van der Waals surface area contributed by atoms with E-state index in [-0.39, 0.29) is 6.29 Å². The highest BCUT2D eigenvalue weighted by Crippen LogP contribution is 2.31. The summed E-state index contributed by atoms with van der Waals surface area (Å²) >= 11 is 1.76. The molecule has 2 aromatic heterocycles. The molecule has 138 valence electrons. The van der Waals surface area contributed by atoms with Crippen LogP contribution >= 0.6 is 11.8 Å². The number of hydrogen-bond donors (Lipinski definition) is 0. The molecule has 1 aliphatic carbocycles. The molecular weight excluding hydrogens is 348 g/mol. The van der Waals surface area contributed by atoms with Gasteiger partial charge in [-0.1, -0.05) is 23.9 Å². The molecule has 0 N–H and O–H groups in total. The van der Waals surface area contributed by atoms with Gasteiger partial charge in [0, 0.05) is 18.1 Å². The van der Waals surface area contributed by atoms with Gasteiger partial charge in [0.25, 0.3) is 0 Å². The third kappa shape index (κ3) is 4.34. The predicted molar refractivity (Wildman–Crippen MR) is 100 cm³/mol. The van der Waals surface area contributed by atoms with Crippen LogP contribution in [0, 0.1) is 0 Å². The van der Waals surface area contributed by atoms with Crippen molar-refractivity contribution in [3.8, 4) is 5.69 Å². The van der Waals surface area contributed by atoms with Gasteiger partial charge in [-0.15, -0.1) is 10.2 Å². The Balaban J connectivity index is 1.54. The van der Waals surface area contributed by atoms with Crippen LogP contribution in [0.4, 0.5) is 0 Å². The first kappa shape index (κ1) is 17.7. The minimum absolute atomic E-state index is 0.139. The molecule has 0 amide bonds. The monoisotopic (exact) mass is 372 g/mol. The SMILES string of the molecule is C1=CC(Sc2nnc(COC3CCCCO3)n2-c2cccnc2)CCC1. The number of allylic oxidation sites excluding steroid dienone is 1. The van der Waals surface area contributed by atoms with Crippen LogP contribution in [0.3, 0.4) is 0 Å². The molecule has 3 heterocycles. The van der Waals surface area contributed by atoms with Crippen LogP contribution in [-0.2, 0) is 16.1 Å². The number of pyridine rings is 1. The fraction of sp³-hybridized carbons (Fsp3) is 0.526. The van der Waals surface area contributed by atoms with Crippen LogP contribution in [0.1, 0.15) is 44.3 Å². The fourth-order valence-electron chi connectivity index (χ4n) is 3.24. The first-order chi connectivity index (χ1) is 12.9. The summed E-state index contributed by atoms with van der Waals surface area (Å²) in [6.07, 6.45) is 14.8. The largest absolute Gasteiger partial charge is 0.353 e. The molecule has 1 aliphatic heterocycles. The number of rotatable bonds is 6. The van der Waals surface area contributed by atoms with Gasteiger partial charge >= 0.3 is 0 Å². The summed E-state index contributed by atoms with van der Waals surface area (Å²) in [6, 6.07) is 3.96. The van der Waals surface area contributed by atoms with E-state index >= 15 is 0 Å². The maximum absolute atomic E-state index is 5.95. The molecular formula is C19H24N4O2S. The highest BCUT2D eigenvalue weighted by atomic mass is 32.2. The lowest BCUT2D eigenvalue weighted by atomic mass is 10.1. The fourth-order valence-corrected chi connectivity index (χ4v) is 4.39. The second-order valence-corrected chi connectivity index (χ2v) is 7.77. The zero-order chi connectivity index (χ0) is 17.6. The summed E-state index contributed by atoms with van der Waals surface area (Å²) in [7, 11) is 0. The third-order valence-corrected chi connectivity index (χ3v) is 5.78. The van der Waals surface area contributed by atoms with Crippen LogP contribution < -0.4 is 0 Å². The predicted octanol–water partition coefficient (Wildman–Crippen LogP) is 3.91. The Kier molecular flexibility index (Phi) is 5.99. The first-order valence-corrected chi connectivity index (χ1v) is 10.2. The molecule has 2 aliphatic rings. The summed E-state index contributed by atoms with van der Waals surface area (Å²) in [6.45, 7) is 1.16. The van der Waals surface area contributed by atoms with Crippen molar-refractivity contribution in [2.75, 3.05) is 6.61 Å². The minimum atomic E-state index is -0.139. The highest BCUT2D eigenvalue weighted by molar-refractivity contribution is 7.99. The summed E-state index contributed by atoms with van der Waals surface area (Å²) < 4.78 is 13.7. The Morgan fingerprint density at radius 2 is 2.23 bits per heavy atom. The van der Waals surface area contributed by atoms with Gasteiger partial charge in [0.2, 0.25) is 0 Å². The normalized spacial score (nSPS) is 23.2. The number of ether oxygens (including phenoxy) is 2. The number of aromatic nitrogens is 4. The molecule has 26 heavy (non-hydrogen) atoms. The van der Waals surface area contributed by atoms with Gasteiger partial charge in [-0.25, -0.2) is 0 Å². The van der Waals surface area contributed by atoms with Crippen LogP contribution in [-0.4, -0.2) is 37.9 Å². The molecule has 2 aromatic rings. The second kappa shape index (κ2) is 8.79. The standard InChI is InChI=1S/C19H24N4O2S/c1-2-8-16(9-3-1)26-19-22-21-17(14-25-18-10-4-5-12-24-18)23(19)15-7-6-11-20-13-15/h2,6-8,11,13,16,18H,1,3-5,9-10,12,14H2. The quantitative estimate of drug-likeness (QED) is 0.717. The molecule has 0 bridgehead atoms. The molecule has 2 atom stereocenters. The molecule has 0 spiro atoms. The van der Waals surface area contributed by atoms with Gasteiger partial charge in [-0.05, 0) is 50.7 Å². The van der Waals surface area contributed by atoms with Gasteiger partial charge in [-0.2, -0.15) is 0 Å². The Morgan fingerprint density at radius 1 is 1.23 bits per heavy atom. The van der Waals surface area contributed by atoms with Crippen LogP contribution in [0.25, 0.3) is 5.69 Å². The van der Waals surface area contributed by atoms with Gasteiger partial charge in [0.05, 0.1) is 11.9 Å². The van der Waals surface area contributed by atoms with Crippen LogP contribution in [0.15, 0.2) is 41.8 Å². The molecule has 1 fully saturated rings. The van der Waals surface area contributed by atoms with Crippen molar-refractivity contribution in [2.24, 2.45) is 0 Å². The molecule has 2 unspecified atom stereocenters. The van der Waals surface area contributed by atoms with Crippen molar-refractivity contribution in [3.63, 3.8) is 0 Å². The smallest absolute Gasteiger partial charge is 0.196 e. The summed E-state index contributed by atoms with van der Waals surface area (Å²) in [4.78, 5) is 4.25. The number of thioether (sulfide) groups is 1. The molecule has 1 saturated heterocycles. The number of hydrogen-bond acceptors (Lipinski definition) is 6. The molecule has 0 saturated carbocycles. The zero-order valence-electron chi connectivity index (χ0n) is 14.8. The average Bonchev–Trinajstić information content (AvgIpc) is 3.11. The highest BCUT2D eigenvalue weighted by Gasteiger charge is 2.21. The minimum Gasteiger partial charge on any atom is -0.353 e.